The Morgan fingerprint density at radius 1 is 1.18 bits per heavy atom. The molecule has 1 N–H and O–H groups in total. The van der Waals surface area contributed by atoms with Crippen LogP contribution in [-0.2, 0) is 6.54 Å². The molecule has 0 unspecified atom stereocenters. The normalized spacial score (nSPS) is 11.1. The Labute approximate surface area is 102 Å². The van der Waals surface area contributed by atoms with E-state index in [1.165, 1.54) is 5.56 Å². The van der Waals surface area contributed by atoms with Gasteiger partial charge in [-0.15, -0.1) is 0 Å². The maximum absolute atomic E-state index is 4.56. The molecule has 90 valence electrons. The second-order valence-electron chi connectivity index (χ2n) is 4.54. The molecule has 0 saturated heterocycles. The molecule has 2 rings (SSSR count). The third kappa shape index (κ3) is 2.74. The minimum atomic E-state index is 0.472. The fourth-order valence-corrected chi connectivity index (χ4v) is 1.76. The number of hydrogen-bond acceptors (Lipinski definition) is 2. The van der Waals surface area contributed by atoms with Gasteiger partial charge in [0.05, 0.1) is 11.4 Å². The molecule has 0 aliphatic rings. The summed E-state index contributed by atoms with van der Waals surface area (Å²) < 4.78 is 1.93. The van der Waals surface area contributed by atoms with E-state index in [1.54, 1.807) is 0 Å². The van der Waals surface area contributed by atoms with Gasteiger partial charge in [0.2, 0.25) is 0 Å². The van der Waals surface area contributed by atoms with Gasteiger partial charge >= 0.3 is 0 Å². The first-order chi connectivity index (χ1) is 8.20. The molecule has 0 radical (unpaired) electrons. The van der Waals surface area contributed by atoms with Crippen LogP contribution < -0.4 is 5.32 Å². The second-order valence-corrected chi connectivity index (χ2v) is 4.54. The SMILES string of the molecule is CNCc1ccc(-n2ccc(C(C)C)n2)cc1. The van der Waals surface area contributed by atoms with Crippen molar-refractivity contribution in [3.63, 3.8) is 0 Å². The second kappa shape index (κ2) is 5.15. The average Bonchev–Trinajstić information content (AvgIpc) is 2.80. The van der Waals surface area contributed by atoms with E-state index in [2.05, 4.69) is 54.6 Å². The number of hydrogen-bond donors (Lipinski definition) is 1. The molecule has 0 spiro atoms. The lowest BCUT2D eigenvalue weighted by atomic mass is 10.1. The standard InChI is InChI=1S/C14H19N3/c1-11(2)14-8-9-17(16-14)13-6-4-12(5-7-13)10-15-3/h4-9,11,15H,10H2,1-3H3. The van der Waals surface area contributed by atoms with Crippen LogP contribution in [0.5, 0.6) is 0 Å². The van der Waals surface area contributed by atoms with Crippen LogP contribution in [0.25, 0.3) is 5.69 Å². The van der Waals surface area contributed by atoms with Crippen molar-refractivity contribution < 1.29 is 0 Å². The zero-order valence-corrected chi connectivity index (χ0v) is 10.6. The summed E-state index contributed by atoms with van der Waals surface area (Å²) in [6.45, 7) is 5.21. The van der Waals surface area contributed by atoms with E-state index < -0.39 is 0 Å². The summed E-state index contributed by atoms with van der Waals surface area (Å²) in [5.74, 6) is 0.472. The Morgan fingerprint density at radius 2 is 1.88 bits per heavy atom. The van der Waals surface area contributed by atoms with Crippen LogP contribution in [0.15, 0.2) is 36.5 Å². The highest BCUT2D eigenvalue weighted by molar-refractivity contribution is 5.34. The van der Waals surface area contributed by atoms with E-state index >= 15 is 0 Å². The van der Waals surface area contributed by atoms with Gasteiger partial charge in [-0.2, -0.15) is 5.10 Å². The summed E-state index contributed by atoms with van der Waals surface area (Å²) in [5, 5.41) is 7.70. The largest absolute Gasteiger partial charge is 0.316 e. The van der Waals surface area contributed by atoms with Crippen LogP contribution in [0.1, 0.15) is 31.0 Å². The Bertz CT molecular complexity index is 468. The van der Waals surface area contributed by atoms with Crippen molar-refractivity contribution in [3.05, 3.63) is 47.8 Å². The Kier molecular flexibility index (Phi) is 3.59. The predicted octanol–water partition coefficient (Wildman–Crippen LogP) is 2.72. The lowest BCUT2D eigenvalue weighted by Crippen LogP contribution is -2.05. The number of aromatic nitrogens is 2. The van der Waals surface area contributed by atoms with Gasteiger partial charge in [-0.25, -0.2) is 4.68 Å². The fraction of sp³-hybridized carbons (Fsp3) is 0.357. The highest BCUT2D eigenvalue weighted by atomic mass is 15.3. The summed E-state index contributed by atoms with van der Waals surface area (Å²) >= 11 is 0. The molecule has 0 amide bonds. The summed E-state index contributed by atoms with van der Waals surface area (Å²) in [6.07, 6.45) is 2.02. The lowest BCUT2D eigenvalue weighted by molar-refractivity contribution is 0.767. The highest BCUT2D eigenvalue weighted by Crippen LogP contribution is 2.14. The zero-order valence-electron chi connectivity index (χ0n) is 10.6. The number of nitrogens with zero attached hydrogens (tertiary/aromatic N) is 2. The number of benzene rings is 1. The van der Waals surface area contributed by atoms with Crippen molar-refractivity contribution in [3.8, 4) is 5.69 Å². The molecule has 1 heterocycles. The summed E-state index contributed by atoms with van der Waals surface area (Å²) in [4.78, 5) is 0. The van der Waals surface area contributed by atoms with Gasteiger partial charge < -0.3 is 5.32 Å². The molecule has 2 aromatic rings. The van der Waals surface area contributed by atoms with Crippen molar-refractivity contribution in [1.29, 1.82) is 0 Å². The van der Waals surface area contributed by atoms with Crippen molar-refractivity contribution in [2.45, 2.75) is 26.3 Å². The monoisotopic (exact) mass is 229 g/mol. The van der Waals surface area contributed by atoms with Crippen LogP contribution in [-0.4, -0.2) is 16.8 Å². The van der Waals surface area contributed by atoms with Crippen molar-refractivity contribution in [1.82, 2.24) is 15.1 Å². The molecule has 0 atom stereocenters. The number of nitrogens with one attached hydrogen (secondary N) is 1. The molecule has 0 bridgehead atoms. The smallest absolute Gasteiger partial charge is 0.0654 e. The topological polar surface area (TPSA) is 29.9 Å². The van der Waals surface area contributed by atoms with E-state index in [4.69, 9.17) is 0 Å². The third-order valence-corrected chi connectivity index (χ3v) is 2.78. The molecular formula is C14H19N3. The summed E-state index contributed by atoms with van der Waals surface area (Å²) in [7, 11) is 1.95. The van der Waals surface area contributed by atoms with E-state index in [0.717, 1.165) is 17.9 Å². The Morgan fingerprint density at radius 3 is 2.41 bits per heavy atom. The molecule has 3 nitrogen and oxygen atoms in total. The average molecular weight is 229 g/mol. The quantitative estimate of drug-likeness (QED) is 0.873. The maximum atomic E-state index is 4.56. The molecule has 3 heteroatoms. The van der Waals surface area contributed by atoms with Gasteiger partial charge in [-0.05, 0) is 36.7 Å². The van der Waals surface area contributed by atoms with Crippen molar-refractivity contribution >= 4 is 0 Å². The molecule has 0 fully saturated rings. The number of rotatable bonds is 4. The predicted molar refractivity (Wildman–Crippen MR) is 70.4 cm³/mol. The first kappa shape index (κ1) is 11.9. The fourth-order valence-electron chi connectivity index (χ4n) is 1.76. The van der Waals surface area contributed by atoms with Gasteiger partial charge in [0.25, 0.3) is 0 Å². The van der Waals surface area contributed by atoms with Gasteiger partial charge in [-0.1, -0.05) is 26.0 Å². The molecule has 0 aliphatic carbocycles. The van der Waals surface area contributed by atoms with E-state index in [9.17, 15) is 0 Å². The first-order valence-corrected chi connectivity index (χ1v) is 6.00. The van der Waals surface area contributed by atoms with Crippen molar-refractivity contribution in [2.75, 3.05) is 7.05 Å². The van der Waals surface area contributed by atoms with Crippen LogP contribution in [0.2, 0.25) is 0 Å². The van der Waals surface area contributed by atoms with E-state index in [-0.39, 0.29) is 0 Å². The minimum Gasteiger partial charge on any atom is -0.316 e. The minimum absolute atomic E-state index is 0.472. The van der Waals surface area contributed by atoms with Crippen LogP contribution in [0, 0.1) is 0 Å². The molecule has 0 aliphatic heterocycles. The Balaban J connectivity index is 2.21. The zero-order chi connectivity index (χ0) is 12.3. The Hall–Kier alpha value is -1.61. The first-order valence-electron chi connectivity index (χ1n) is 6.00. The van der Waals surface area contributed by atoms with E-state index in [1.807, 2.05) is 17.9 Å². The van der Waals surface area contributed by atoms with Crippen LogP contribution in [0.4, 0.5) is 0 Å². The van der Waals surface area contributed by atoms with Gasteiger partial charge in [0.15, 0.2) is 0 Å². The summed E-state index contributed by atoms with van der Waals surface area (Å²) in [6, 6.07) is 10.5. The third-order valence-electron chi connectivity index (χ3n) is 2.78. The molecular weight excluding hydrogens is 210 g/mol. The molecule has 1 aromatic carbocycles. The van der Waals surface area contributed by atoms with Crippen LogP contribution >= 0.6 is 0 Å². The highest BCUT2D eigenvalue weighted by Gasteiger charge is 2.04. The van der Waals surface area contributed by atoms with Crippen molar-refractivity contribution in [2.24, 2.45) is 0 Å². The van der Waals surface area contributed by atoms with Crippen LogP contribution in [0.3, 0.4) is 0 Å². The van der Waals surface area contributed by atoms with E-state index in [0.29, 0.717) is 5.92 Å². The lowest BCUT2D eigenvalue weighted by Gasteiger charge is -2.04. The van der Waals surface area contributed by atoms with Gasteiger partial charge in [0, 0.05) is 12.7 Å². The molecule has 0 saturated carbocycles. The summed E-state index contributed by atoms with van der Waals surface area (Å²) in [5.41, 5.74) is 3.52. The van der Waals surface area contributed by atoms with Gasteiger partial charge in [0.1, 0.15) is 0 Å². The maximum Gasteiger partial charge on any atom is 0.0654 e. The molecule has 1 aromatic heterocycles. The van der Waals surface area contributed by atoms with Gasteiger partial charge in [-0.3, -0.25) is 0 Å². The molecule has 17 heavy (non-hydrogen) atoms.